The minimum Gasteiger partial charge on any atom is -0.349 e. The fraction of sp³-hybridized carbons (Fsp3) is 0.222. The van der Waals surface area contributed by atoms with E-state index in [1.807, 2.05) is 5.38 Å². The summed E-state index contributed by atoms with van der Waals surface area (Å²) in [5.41, 5.74) is 0. The van der Waals surface area contributed by atoms with E-state index in [0.717, 1.165) is 11.4 Å². The number of amides is 1. The Hall–Kier alpha value is -1.69. The first kappa shape index (κ1) is 9.85. The molecule has 6 heteroatoms. The lowest BCUT2D eigenvalue weighted by Crippen LogP contribution is -2.26. The Kier molecular flexibility index (Phi) is 3.08. The van der Waals surface area contributed by atoms with E-state index >= 15 is 0 Å². The third kappa shape index (κ3) is 2.63. The molecule has 2 N–H and O–H groups in total. The molecule has 0 aliphatic rings. The van der Waals surface area contributed by atoms with Gasteiger partial charge in [0.15, 0.2) is 5.82 Å². The van der Waals surface area contributed by atoms with Gasteiger partial charge < -0.3 is 10.3 Å². The molecule has 2 heterocycles. The number of carbonyl (C=O) groups excluding carboxylic acids is 1. The number of H-pyrrole nitrogens is 1. The van der Waals surface area contributed by atoms with Crippen LogP contribution in [0.5, 0.6) is 0 Å². The third-order valence-corrected chi connectivity index (χ3v) is 2.66. The minimum atomic E-state index is -0.184. The summed E-state index contributed by atoms with van der Waals surface area (Å²) in [6.45, 7) is 0.576. The van der Waals surface area contributed by atoms with Crippen LogP contribution in [0.2, 0.25) is 0 Å². The second kappa shape index (κ2) is 4.70. The largest absolute Gasteiger partial charge is 0.349 e. The molecule has 0 aromatic carbocycles. The summed E-state index contributed by atoms with van der Waals surface area (Å²) in [6.07, 6.45) is 5.68. The first-order chi connectivity index (χ1) is 7.36. The minimum absolute atomic E-state index is 0.184. The molecule has 0 bridgehead atoms. The van der Waals surface area contributed by atoms with Gasteiger partial charge in [-0.05, 0) is 0 Å². The van der Waals surface area contributed by atoms with E-state index in [4.69, 9.17) is 0 Å². The second-order valence-electron chi connectivity index (χ2n) is 2.87. The normalized spacial score (nSPS) is 10.1. The van der Waals surface area contributed by atoms with E-state index in [1.54, 1.807) is 29.9 Å². The van der Waals surface area contributed by atoms with Crippen LogP contribution in [-0.4, -0.2) is 27.4 Å². The number of carbonyl (C=O) groups is 1. The van der Waals surface area contributed by atoms with Gasteiger partial charge >= 0.3 is 0 Å². The number of rotatable bonds is 4. The van der Waals surface area contributed by atoms with Crippen LogP contribution in [0.25, 0.3) is 0 Å². The average Bonchev–Trinajstić information content (AvgIpc) is 2.90. The molecule has 0 atom stereocenters. The van der Waals surface area contributed by atoms with E-state index < -0.39 is 0 Å². The van der Waals surface area contributed by atoms with Gasteiger partial charge in [-0.3, -0.25) is 4.79 Å². The predicted molar refractivity (Wildman–Crippen MR) is 56.7 cm³/mol. The van der Waals surface area contributed by atoms with Crippen LogP contribution in [0.3, 0.4) is 0 Å². The number of aromatic amines is 1. The van der Waals surface area contributed by atoms with Gasteiger partial charge in [0, 0.05) is 36.9 Å². The molecule has 15 heavy (non-hydrogen) atoms. The highest BCUT2D eigenvalue weighted by molar-refractivity contribution is 7.09. The third-order valence-electron chi connectivity index (χ3n) is 1.82. The molecule has 78 valence electrons. The van der Waals surface area contributed by atoms with Crippen LogP contribution in [0.15, 0.2) is 24.0 Å². The van der Waals surface area contributed by atoms with Gasteiger partial charge in [-0.25, -0.2) is 9.97 Å². The van der Waals surface area contributed by atoms with Crippen LogP contribution in [-0.2, 0) is 6.42 Å². The molecular weight excluding hydrogens is 212 g/mol. The van der Waals surface area contributed by atoms with Gasteiger partial charge in [0.05, 0.1) is 5.01 Å². The Bertz CT molecular complexity index is 409. The maximum Gasteiger partial charge on any atom is 0.287 e. The number of thiazole rings is 1. The molecule has 0 saturated heterocycles. The standard InChI is InChI=1S/C9H10N4OS/c14-9(8-11-3-4-12-8)13-2-1-7-10-5-6-15-7/h3-6H,1-2H2,(H,11,12)(H,13,14). The van der Waals surface area contributed by atoms with Crippen molar-refractivity contribution in [1.29, 1.82) is 0 Å². The Labute approximate surface area is 90.6 Å². The molecule has 0 unspecified atom stereocenters. The van der Waals surface area contributed by atoms with E-state index in [1.165, 1.54) is 0 Å². The van der Waals surface area contributed by atoms with Gasteiger partial charge in [-0.2, -0.15) is 0 Å². The Balaban J connectivity index is 1.77. The highest BCUT2D eigenvalue weighted by Crippen LogP contribution is 2.03. The number of aromatic nitrogens is 3. The van der Waals surface area contributed by atoms with E-state index in [0.29, 0.717) is 12.4 Å². The summed E-state index contributed by atoms with van der Waals surface area (Å²) >= 11 is 1.59. The second-order valence-corrected chi connectivity index (χ2v) is 3.85. The molecule has 1 amide bonds. The quantitative estimate of drug-likeness (QED) is 0.805. The van der Waals surface area contributed by atoms with Crippen molar-refractivity contribution in [2.75, 3.05) is 6.54 Å². The summed E-state index contributed by atoms with van der Waals surface area (Å²) in [7, 11) is 0. The molecule has 0 aliphatic carbocycles. The summed E-state index contributed by atoms with van der Waals surface area (Å²) in [4.78, 5) is 22.1. The van der Waals surface area contributed by atoms with Crippen molar-refractivity contribution in [2.45, 2.75) is 6.42 Å². The van der Waals surface area contributed by atoms with E-state index in [-0.39, 0.29) is 5.91 Å². The zero-order valence-electron chi connectivity index (χ0n) is 7.93. The molecule has 5 nitrogen and oxygen atoms in total. The monoisotopic (exact) mass is 222 g/mol. The van der Waals surface area contributed by atoms with Crippen LogP contribution >= 0.6 is 11.3 Å². The van der Waals surface area contributed by atoms with Crippen molar-refractivity contribution >= 4 is 17.2 Å². The number of nitrogens with one attached hydrogen (secondary N) is 2. The van der Waals surface area contributed by atoms with Gasteiger partial charge in [0.25, 0.3) is 5.91 Å². The Morgan fingerprint density at radius 1 is 1.47 bits per heavy atom. The molecule has 0 radical (unpaired) electrons. The summed E-state index contributed by atoms with van der Waals surface area (Å²) in [6, 6.07) is 0. The van der Waals surface area contributed by atoms with Crippen molar-refractivity contribution in [3.8, 4) is 0 Å². The first-order valence-corrected chi connectivity index (χ1v) is 5.40. The van der Waals surface area contributed by atoms with Crippen molar-refractivity contribution in [3.05, 3.63) is 34.8 Å². The predicted octanol–water partition coefficient (Wildman–Crippen LogP) is 0.839. The number of hydrogen-bond acceptors (Lipinski definition) is 4. The summed E-state index contributed by atoms with van der Waals surface area (Å²) in [5.74, 6) is 0.158. The zero-order chi connectivity index (χ0) is 10.5. The average molecular weight is 222 g/mol. The van der Waals surface area contributed by atoms with Crippen molar-refractivity contribution in [3.63, 3.8) is 0 Å². The van der Waals surface area contributed by atoms with Gasteiger partial charge in [0.1, 0.15) is 0 Å². The molecule has 0 fully saturated rings. The Morgan fingerprint density at radius 2 is 2.40 bits per heavy atom. The van der Waals surface area contributed by atoms with Gasteiger partial charge in [-0.1, -0.05) is 0 Å². The van der Waals surface area contributed by atoms with Crippen LogP contribution in [0.4, 0.5) is 0 Å². The maximum atomic E-state index is 11.4. The van der Waals surface area contributed by atoms with Crippen molar-refractivity contribution in [2.24, 2.45) is 0 Å². The molecule has 0 saturated carbocycles. The topological polar surface area (TPSA) is 70.7 Å². The lowest BCUT2D eigenvalue weighted by molar-refractivity contribution is 0.0945. The number of nitrogens with zero attached hydrogens (tertiary/aromatic N) is 2. The fourth-order valence-corrected chi connectivity index (χ4v) is 1.75. The zero-order valence-corrected chi connectivity index (χ0v) is 8.75. The van der Waals surface area contributed by atoms with Crippen LogP contribution < -0.4 is 5.32 Å². The Morgan fingerprint density at radius 3 is 3.07 bits per heavy atom. The fourth-order valence-electron chi connectivity index (χ4n) is 1.13. The van der Waals surface area contributed by atoms with Crippen molar-refractivity contribution < 1.29 is 4.79 Å². The number of hydrogen-bond donors (Lipinski definition) is 2. The van der Waals surface area contributed by atoms with Crippen LogP contribution in [0.1, 0.15) is 15.6 Å². The highest BCUT2D eigenvalue weighted by atomic mass is 32.1. The van der Waals surface area contributed by atoms with Crippen LogP contribution in [0, 0.1) is 0 Å². The summed E-state index contributed by atoms with van der Waals surface area (Å²) in [5, 5.41) is 5.70. The maximum absolute atomic E-state index is 11.4. The lowest BCUT2D eigenvalue weighted by Gasteiger charge is -2.00. The molecule has 2 rings (SSSR count). The van der Waals surface area contributed by atoms with Gasteiger partial charge in [0.2, 0.25) is 0 Å². The molecule has 0 spiro atoms. The first-order valence-electron chi connectivity index (χ1n) is 4.52. The number of imidazole rings is 1. The summed E-state index contributed by atoms with van der Waals surface area (Å²) < 4.78 is 0. The lowest BCUT2D eigenvalue weighted by atomic mass is 10.4. The van der Waals surface area contributed by atoms with Gasteiger partial charge in [-0.15, -0.1) is 11.3 Å². The van der Waals surface area contributed by atoms with Crippen molar-refractivity contribution in [1.82, 2.24) is 20.3 Å². The molecule has 0 aliphatic heterocycles. The van der Waals surface area contributed by atoms with E-state index in [9.17, 15) is 4.79 Å². The molecule has 2 aromatic rings. The van der Waals surface area contributed by atoms with E-state index in [2.05, 4.69) is 20.3 Å². The highest BCUT2D eigenvalue weighted by Gasteiger charge is 2.06. The molecule has 2 aromatic heterocycles. The SMILES string of the molecule is O=C(NCCc1nccs1)c1ncc[nH]1. The smallest absolute Gasteiger partial charge is 0.287 e. The molecular formula is C9H10N4OS.